The minimum atomic E-state index is -0.0973. The Morgan fingerprint density at radius 2 is 1.84 bits per heavy atom. The van der Waals surface area contributed by atoms with E-state index in [0.29, 0.717) is 5.91 Å². The van der Waals surface area contributed by atoms with Crippen LogP contribution in [-0.4, -0.2) is 46.9 Å². The molecule has 1 spiro atoms. The molecule has 1 saturated carbocycles. The minimum Gasteiger partial charge on any atom is -0.342 e. The number of aromatic nitrogens is 1. The summed E-state index contributed by atoms with van der Waals surface area (Å²) in [7, 11) is 0. The first-order valence-corrected chi connectivity index (χ1v) is 10.2. The summed E-state index contributed by atoms with van der Waals surface area (Å²) in [5.74, 6) is 1.21. The molecule has 1 atom stereocenters. The molecule has 3 aliphatic rings. The highest BCUT2D eigenvalue weighted by Crippen LogP contribution is 2.41. The third-order valence-corrected chi connectivity index (χ3v) is 6.62. The second-order valence-corrected chi connectivity index (χ2v) is 8.46. The van der Waals surface area contributed by atoms with Crippen LogP contribution in [0, 0.1) is 11.3 Å². The van der Waals surface area contributed by atoms with Crippen molar-refractivity contribution >= 4 is 5.91 Å². The van der Waals surface area contributed by atoms with Gasteiger partial charge in [0, 0.05) is 38.6 Å². The van der Waals surface area contributed by atoms with Gasteiger partial charge in [0.2, 0.25) is 5.91 Å². The second kappa shape index (κ2) is 7.45. The van der Waals surface area contributed by atoms with Crippen molar-refractivity contribution in [1.29, 1.82) is 0 Å². The van der Waals surface area contributed by atoms with E-state index in [1.54, 1.807) is 0 Å². The van der Waals surface area contributed by atoms with Gasteiger partial charge in [-0.25, -0.2) is 0 Å². The summed E-state index contributed by atoms with van der Waals surface area (Å²) in [6.07, 6.45) is 13.8. The molecule has 0 unspecified atom stereocenters. The van der Waals surface area contributed by atoms with Gasteiger partial charge in [-0.05, 0) is 62.3 Å². The highest BCUT2D eigenvalue weighted by atomic mass is 16.2. The van der Waals surface area contributed by atoms with E-state index < -0.39 is 0 Å². The number of piperidine rings is 1. The molecule has 1 amide bonds. The van der Waals surface area contributed by atoms with Crippen molar-refractivity contribution in [2.45, 2.75) is 57.9 Å². The van der Waals surface area contributed by atoms with Crippen LogP contribution in [0.4, 0.5) is 0 Å². The van der Waals surface area contributed by atoms with E-state index in [1.165, 1.54) is 44.1 Å². The number of nitrogens with zero attached hydrogens (tertiary/aromatic N) is 3. The van der Waals surface area contributed by atoms with Crippen LogP contribution in [0.15, 0.2) is 24.5 Å². The lowest BCUT2D eigenvalue weighted by molar-refractivity contribution is -0.146. The summed E-state index contributed by atoms with van der Waals surface area (Å²) in [4.78, 5) is 22.1. The van der Waals surface area contributed by atoms with Gasteiger partial charge in [-0.3, -0.25) is 14.7 Å². The summed E-state index contributed by atoms with van der Waals surface area (Å²) < 4.78 is 0. The topological polar surface area (TPSA) is 36.4 Å². The second-order valence-electron chi connectivity index (χ2n) is 8.46. The van der Waals surface area contributed by atoms with Crippen LogP contribution in [0.1, 0.15) is 56.9 Å². The Labute approximate surface area is 151 Å². The largest absolute Gasteiger partial charge is 0.342 e. The zero-order valence-corrected chi connectivity index (χ0v) is 15.3. The van der Waals surface area contributed by atoms with E-state index >= 15 is 0 Å². The molecular formula is C21H31N3O. The normalized spacial score (nSPS) is 28.8. The Kier molecular flexibility index (Phi) is 5.07. The number of likely N-dealkylation sites (tertiary alicyclic amines) is 2. The maximum atomic E-state index is 13.3. The number of carbonyl (C=O) groups is 1. The molecule has 0 aromatic carbocycles. The van der Waals surface area contributed by atoms with Gasteiger partial charge in [-0.2, -0.15) is 0 Å². The van der Waals surface area contributed by atoms with Crippen molar-refractivity contribution in [3.63, 3.8) is 0 Å². The lowest BCUT2D eigenvalue weighted by Gasteiger charge is -2.41. The molecule has 2 aliphatic heterocycles. The van der Waals surface area contributed by atoms with Crippen molar-refractivity contribution in [2.24, 2.45) is 11.3 Å². The molecule has 2 saturated heterocycles. The lowest BCUT2D eigenvalue weighted by Crippen LogP contribution is -2.51. The van der Waals surface area contributed by atoms with Gasteiger partial charge in [0.1, 0.15) is 0 Å². The van der Waals surface area contributed by atoms with E-state index in [-0.39, 0.29) is 5.41 Å². The third kappa shape index (κ3) is 3.74. The van der Waals surface area contributed by atoms with Crippen LogP contribution in [0.5, 0.6) is 0 Å². The molecule has 0 radical (unpaired) electrons. The van der Waals surface area contributed by atoms with Crippen LogP contribution in [0.25, 0.3) is 0 Å². The van der Waals surface area contributed by atoms with Crippen LogP contribution in [-0.2, 0) is 11.3 Å². The molecule has 1 aromatic rings. The van der Waals surface area contributed by atoms with Gasteiger partial charge >= 0.3 is 0 Å². The smallest absolute Gasteiger partial charge is 0.230 e. The predicted molar refractivity (Wildman–Crippen MR) is 99.0 cm³/mol. The van der Waals surface area contributed by atoms with Crippen LogP contribution in [0.2, 0.25) is 0 Å². The first-order valence-electron chi connectivity index (χ1n) is 10.2. The van der Waals surface area contributed by atoms with Crippen LogP contribution < -0.4 is 0 Å². The number of pyridine rings is 1. The molecule has 3 fully saturated rings. The van der Waals surface area contributed by atoms with Gasteiger partial charge in [0.15, 0.2) is 0 Å². The average molecular weight is 341 g/mol. The Bertz CT molecular complexity index is 584. The number of rotatable bonds is 4. The molecule has 1 aromatic heterocycles. The van der Waals surface area contributed by atoms with Gasteiger partial charge < -0.3 is 4.90 Å². The first-order chi connectivity index (χ1) is 12.3. The summed E-state index contributed by atoms with van der Waals surface area (Å²) in [5, 5.41) is 0. The number of carbonyl (C=O) groups excluding carboxylic acids is 1. The molecule has 136 valence electrons. The predicted octanol–water partition coefficient (Wildman–Crippen LogP) is 3.48. The molecule has 3 heterocycles. The zero-order valence-electron chi connectivity index (χ0n) is 15.3. The molecule has 1 aliphatic carbocycles. The van der Waals surface area contributed by atoms with E-state index in [0.717, 1.165) is 51.5 Å². The molecule has 0 N–H and O–H groups in total. The van der Waals surface area contributed by atoms with Crippen molar-refractivity contribution in [1.82, 2.24) is 14.8 Å². The summed E-state index contributed by atoms with van der Waals surface area (Å²) in [6, 6.07) is 4.17. The lowest BCUT2D eigenvalue weighted by atomic mass is 9.77. The fraction of sp³-hybridized carbons (Fsp3) is 0.714. The number of amides is 1. The quantitative estimate of drug-likeness (QED) is 0.841. The Hall–Kier alpha value is -1.42. The molecule has 4 nitrogen and oxygen atoms in total. The fourth-order valence-corrected chi connectivity index (χ4v) is 5.23. The SMILES string of the molecule is O=C1N(CC2CCCCC2)CCC[C@@]12CCN(Cc1ccncc1)C2. The van der Waals surface area contributed by atoms with E-state index in [2.05, 4.69) is 26.9 Å². The van der Waals surface area contributed by atoms with Gasteiger partial charge in [-0.1, -0.05) is 19.3 Å². The molecule has 4 rings (SSSR count). The summed E-state index contributed by atoms with van der Waals surface area (Å²) >= 11 is 0. The highest BCUT2D eigenvalue weighted by molar-refractivity contribution is 5.84. The van der Waals surface area contributed by atoms with E-state index in [1.807, 2.05) is 12.4 Å². The molecule has 25 heavy (non-hydrogen) atoms. The van der Waals surface area contributed by atoms with Crippen molar-refractivity contribution in [3.8, 4) is 0 Å². The zero-order chi connectivity index (χ0) is 17.1. The number of hydrogen-bond acceptors (Lipinski definition) is 3. The number of hydrogen-bond donors (Lipinski definition) is 0. The van der Waals surface area contributed by atoms with Crippen LogP contribution >= 0.6 is 0 Å². The minimum absolute atomic E-state index is 0.0973. The first kappa shape index (κ1) is 17.0. The monoisotopic (exact) mass is 341 g/mol. The van der Waals surface area contributed by atoms with Gasteiger partial charge in [-0.15, -0.1) is 0 Å². The maximum Gasteiger partial charge on any atom is 0.230 e. The Morgan fingerprint density at radius 1 is 1.04 bits per heavy atom. The van der Waals surface area contributed by atoms with Crippen LogP contribution in [0.3, 0.4) is 0 Å². The maximum absolute atomic E-state index is 13.3. The van der Waals surface area contributed by atoms with E-state index in [9.17, 15) is 4.79 Å². The molecule has 4 heteroatoms. The summed E-state index contributed by atoms with van der Waals surface area (Å²) in [6.45, 7) is 4.94. The average Bonchev–Trinajstić information content (AvgIpc) is 3.04. The van der Waals surface area contributed by atoms with Crippen molar-refractivity contribution in [3.05, 3.63) is 30.1 Å². The van der Waals surface area contributed by atoms with Gasteiger partial charge in [0.25, 0.3) is 0 Å². The van der Waals surface area contributed by atoms with Gasteiger partial charge in [0.05, 0.1) is 5.41 Å². The van der Waals surface area contributed by atoms with Crippen molar-refractivity contribution in [2.75, 3.05) is 26.2 Å². The van der Waals surface area contributed by atoms with E-state index in [4.69, 9.17) is 0 Å². The Balaban J connectivity index is 1.38. The molecule has 0 bridgehead atoms. The highest BCUT2D eigenvalue weighted by Gasteiger charge is 2.48. The third-order valence-electron chi connectivity index (χ3n) is 6.62. The Morgan fingerprint density at radius 3 is 2.64 bits per heavy atom. The standard InChI is InChI=1S/C21H31N3O/c25-20-21(9-4-13-24(20)16-18-5-2-1-3-6-18)10-14-23(17-21)15-19-7-11-22-12-8-19/h7-8,11-12,18H,1-6,9-10,13-17H2/t21-/m0/s1. The molecular weight excluding hydrogens is 310 g/mol. The fourth-order valence-electron chi connectivity index (χ4n) is 5.23. The van der Waals surface area contributed by atoms with Crippen molar-refractivity contribution < 1.29 is 4.79 Å². The summed E-state index contributed by atoms with van der Waals surface area (Å²) in [5.41, 5.74) is 1.20.